The summed E-state index contributed by atoms with van der Waals surface area (Å²) in [5.74, 6) is -0.669. The molecule has 3 aromatic rings. The highest BCUT2D eigenvalue weighted by atomic mass is 127. The van der Waals surface area contributed by atoms with Gasteiger partial charge in [-0.2, -0.15) is 0 Å². The minimum absolute atomic E-state index is 0.200. The molecule has 5 nitrogen and oxygen atoms in total. The van der Waals surface area contributed by atoms with Crippen molar-refractivity contribution in [2.45, 2.75) is 19.6 Å². The molecule has 0 aliphatic heterocycles. The van der Waals surface area contributed by atoms with Gasteiger partial charge in [0.25, 0.3) is 5.91 Å². The van der Waals surface area contributed by atoms with Crippen LogP contribution in [0.4, 0.5) is 0 Å². The van der Waals surface area contributed by atoms with Gasteiger partial charge in [0.1, 0.15) is 12.4 Å². The number of para-hydroxylation sites is 1. The van der Waals surface area contributed by atoms with E-state index in [-0.39, 0.29) is 24.1 Å². The predicted molar refractivity (Wildman–Crippen MR) is 124 cm³/mol. The molecule has 3 aromatic carbocycles. The van der Waals surface area contributed by atoms with Gasteiger partial charge in [0, 0.05) is 14.7 Å². The van der Waals surface area contributed by atoms with Gasteiger partial charge in [-0.1, -0.05) is 41.9 Å². The number of carbonyl (C=O) groups excluding carboxylic acids is 1. The number of hydrogen-bond acceptors (Lipinski definition) is 3. The van der Waals surface area contributed by atoms with Gasteiger partial charge in [0.2, 0.25) is 0 Å². The largest absolute Gasteiger partial charge is 0.487 e. The van der Waals surface area contributed by atoms with Crippen molar-refractivity contribution < 1.29 is 19.4 Å². The molecule has 0 saturated carbocycles. The number of nitrogens with one attached hydrogen (secondary N) is 1. The maximum absolute atomic E-state index is 13.0. The Balaban J connectivity index is 1.75. The predicted octanol–water partition coefficient (Wildman–Crippen LogP) is 5.71. The third-order valence-corrected chi connectivity index (χ3v) is 5.52. The summed E-state index contributed by atoms with van der Waals surface area (Å²) in [5.41, 5.74) is 2.27. The maximum Gasteiger partial charge on any atom is 0.335 e. The van der Waals surface area contributed by atoms with Crippen LogP contribution in [0.25, 0.3) is 0 Å². The molecule has 0 saturated heterocycles. The average Bonchev–Trinajstić information content (AvgIpc) is 2.73. The molecule has 0 unspecified atom stereocenters. The van der Waals surface area contributed by atoms with Crippen LogP contribution in [0.15, 0.2) is 66.7 Å². The normalized spacial score (nSPS) is 11.6. The van der Waals surface area contributed by atoms with Crippen LogP contribution in [-0.2, 0) is 6.61 Å². The minimum atomic E-state index is -0.986. The molecule has 0 fully saturated rings. The van der Waals surface area contributed by atoms with Gasteiger partial charge >= 0.3 is 5.97 Å². The lowest BCUT2D eigenvalue weighted by atomic mass is 10.0. The summed E-state index contributed by atoms with van der Waals surface area (Å²) >= 11 is 8.30. The Bertz CT molecular complexity index is 1070. The average molecular weight is 536 g/mol. The van der Waals surface area contributed by atoms with Crippen LogP contribution in [-0.4, -0.2) is 17.0 Å². The molecule has 0 heterocycles. The first-order valence-electron chi connectivity index (χ1n) is 9.15. The molecule has 2 N–H and O–H groups in total. The van der Waals surface area contributed by atoms with Crippen molar-refractivity contribution in [3.8, 4) is 5.75 Å². The van der Waals surface area contributed by atoms with Crippen molar-refractivity contribution in [1.82, 2.24) is 5.32 Å². The Kier molecular flexibility index (Phi) is 7.33. The molecule has 0 radical (unpaired) electrons. The van der Waals surface area contributed by atoms with Gasteiger partial charge in [0.05, 0.1) is 16.6 Å². The fraction of sp³-hybridized carbons (Fsp3) is 0.130. The van der Waals surface area contributed by atoms with Crippen molar-refractivity contribution in [3.05, 3.63) is 97.6 Å². The topological polar surface area (TPSA) is 75.6 Å². The summed E-state index contributed by atoms with van der Waals surface area (Å²) in [6.07, 6.45) is 0. The van der Waals surface area contributed by atoms with E-state index in [1.54, 1.807) is 30.3 Å². The molecule has 1 amide bonds. The van der Waals surface area contributed by atoms with E-state index in [4.69, 9.17) is 21.4 Å². The maximum atomic E-state index is 13.0. The zero-order valence-electron chi connectivity index (χ0n) is 16.1. The summed E-state index contributed by atoms with van der Waals surface area (Å²) in [4.78, 5) is 24.0. The molecule has 0 aliphatic rings. The van der Waals surface area contributed by atoms with Gasteiger partial charge in [-0.05, 0) is 71.5 Å². The van der Waals surface area contributed by atoms with E-state index in [9.17, 15) is 9.59 Å². The summed E-state index contributed by atoms with van der Waals surface area (Å²) < 4.78 is 6.74. The molecule has 7 heteroatoms. The van der Waals surface area contributed by atoms with Crippen LogP contribution in [0.1, 0.15) is 44.8 Å². The highest BCUT2D eigenvalue weighted by Gasteiger charge is 2.17. The molecule has 1 atom stereocenters. The van der Waals surface area contributed by atoms with Crippen LogP contribution >= 0.6 is 34.2 Å². The number of amides is 1. The first-order valence-corrected chi connectivity index (χ1v) is 10.6. The lowest BCUT2D eigenvalue weighted by molar-refractivity contribution is 0.0696. The number of carboxylic acid groups (broad SMARTS) is 1. The molecule has 0 bridgehead atoms. The van der Waals surface area contributed by atoms with Crippen LogP contribution in [0.3, 0.4) is 0 Å². The van der Waals surface area contributed by atoms with Gasteiger partial charge in [-0.25, -0.2) is 4.79 Å². The molecular formula is C23H19ClINO4. The molecule has 3 rings (SSSR count). The Hall–Kier alpha value is -2.58. The van der Waals surface area contributed by atoms with Crippen LogP contribution in [0.5, 0.6) is 5.75 Å². The fourth-order valence-corrected chi connectivity index (χ4v) is 3.56. The van der Waals surface area contributed by atoms with Crippen LogP contribution in [0, 0.1) is 3.57 Å². The van der Waals surface area contributed by atoms with Crippen LogP contribution < -0.4 is 10.1 Å². The van der Waals surface area contributed by atoms with Gasteiger partial charge in [-0.3, -0.25) is 4.79 Å². The number of hydrogen-bond donors (Lipinski definition) is 2. The van der Waals surface area contributed by atoms with Gasteiger partial charge in [-0.15, -0.1) is 0 Å². The number of halogens is 2. The molecule has 0 aliphatic carbocycles. The van der Waals surface area contributed by atoms with E-state index in [2.05, 4.69) is 27.9 Å². The molecule has 0 aromatic heterocycles. The summed E-state index contributed by atoms with van der Waals surface area (Å²) in [6, 6.07) is 18.9. The van der Waals surface area contributed by atoms with E-state index in [1.807, 2.05) is 31.2 Å². The lowest BCUT2D eigenvalue weighted by Crippen LogP contribution is -2.28. The highest BCUT2D eigenvalue weighted by molar-refractivity contribution is 14.1. The van der Waals surface area contributed by atoms with Crippen molar-refractivity contribution in [1.29, 1.82) is 0 Å². The second-order valence-electron chi connectivity index (χ2n) is 6.64. The second kappa shape index (κ2) is 9.95. The summed E-state index contributed by atoms with van der Waals surface area (Å²) in [5, 5.41) is 12.5. The zero-order valence-corrected chi connectivity index (χ0v) is 19.0. The molecule has 154 valence electrons. The number of rotatable bonds is 7. The zero-order chi connectivity index (χ0) is 21.7. The number of carbonyl (C=O) groups is 2. The second-order valence-corrected chi connectivity index (χ2v) is 8.30. The Morgan fingerprint density at radius 3 is 2.47 bits per heavy atom. The van der Waals surface area contributed by atoms with E-state index in [0.717, 1.165) is 14.7 Å². The fourth-order valence-electron chi connectivity index (χ4n) is 2.88. The van der Waals surface area contributed by atoms with Crippen molar-refractivity contribution in [3.63, 3.8) is 0 Å². The highest BCUT2D eigenvalue weighted by Crippen LogP contribution is 2.25. The summed E-state index contributed by atoms with van der Waals surface area (Å²) in [6.45, 7) is 2.05. The Morgan fingerprint density at radius 2 is 1.80 bits per heavy atom. The Labute approximate surface area is 193 Å². The molecular weight excluding hydrogens is 517 g/mol. The SMILES string of the molecule is C[C@H](NC(=O)c1cc(I)ccc1COc1ccccc1Cl)c1ccc(C(=O)O)cc1. The third-order valence-electron chi connectivity index (χ3n) is 4.54. The molecule has 30 heavy (non-hydrogen) atoms. The number of ether oxygens (including phenoxy) is 1. The van der Waals surface area contributed by atoms with E-state index < -0.39 is 5.97 Å². The van der Waals surface area contributed by atoms with E-state index >= 15 is 0 Å². The minimum Gasteiger partial charge on any atom is -0.487 e. The summed E-state index contributed by atoms with van der Waals surface area (Å²) in [7, 11) is 0. The molecule has 0 spiro atoms. The first-order chi connectivity index (χ1) is 14.3. The van der Waals surface area contributed by atoms with Gasteiger partial charge < -0.3 is 15.2 Å². The smallest absolute Gasteiger partial charge is 0.335 e. The van der Waals surface area contributed by atoms with Crippen molar-refractivity contribution in [2.24, 2.45) is 0 Å². The standard InChI is InChI=1S/C23H19ClINO4/c1-14(15-6-8-16(9-7-15)23(28)29)26-22(27)19-12-18(25)11-10-17(19)13-30-21-5-3-2-4-20(21)24/h2-12,14H,13H2,1H3,(H,26,27)(H,28,29)/t14-/m0/s1. The van der Waals surface area contributed by atoms with Gasteiger partial charge in [0.15, 0.2) is 0 Å². The van der Waals surface area contributed by atoms with E-state index in [0.29, 0.717) is 16.3 Å². The van der Waals surface area contributed by atoms with Crippen molar-refractivity contribution >= 4 is 46.1 Å². The van der Waals surface area contributed by atoms with Crippen molar-refractivity contribution in [2.75, 3.05) is 0 Å². The lowest BCUT2D eigenvalue weighted by Gasteiger charge is -2.17. The Morgan fingerprint density at radius 1 is 1.10 bits per heavy atom. The number of carboxylic acids is 1. The number of benzene rings is 3. The van der Waals surface area contributed by atoms with Crippen LogP contribution in [0.2, 0.25) is 5.02 Å². The third kappa shape index (κ3) is 5.52. The number of aromatic carboxylic acids is 1. The quantitative estimate of drug-likeness (QED) is 0.380. The first kappa shape index (κ1) is 22.1. The monoisotopic (exact) mass is 535 g/mol. The van der Waals surface area contributed by atoms with E-state index in [1.165, 1.54) is 12.1 Å².